The maximum atomic E-state index is 13.1. The van der Waals surface area contributed by atoms with Crippen LogP contribution in [0.15, 0.2) is 59.5 Å². The molecule has 4 rings (SSSR count). The Morgan fingerprint density at radius 1 is 0.964 bits per heavy atom. The molecule has 2 aromatic carbocycles. The average Bonchev–Trinajstić information content (AvgIpc) is 3.17. The van der Waals surface area contributed by atoms with Gasteiger partial charge in [-0.2, -0.15) is 4.31 Å². The van der Waals surface area contributed by atoms with E-state index in [4.69, 9.17) is 0 Å². The lowest BCUT2D eigenvalue weighted by atomic mass is 10.1. The normalized spacial score (nSPS) is 19.4. The summed E-state index contributed by atoms with van der Waals surface area (Å²) in [6, 6.07) is 16.4. The Kier molecular flexibility index (Phi) is 5.23. The van der Waals surface area contributed by atoms with Crippen LogP contribution < -0.4 is 9.80 Å². The summed E-state index contributed by atoms with van der Waals surface area (Å²) in [6.07, 6.45) is 0.896. The van der Waals surface area contributed by atoms with E-state index in [2.05, 4.69) is 6.07 Å². The molecule has 6 nitrogen and oxygen atoms in total. The van der Waals surface area contributed by atoms with Crippen LogP contribution in [0, 0.1) is 0 Å². The fourth-order valence-electron chi connectivity index (χ4n) is 4.16. The van der Waals surface area contributed by atoms with Gasteiger partial charge in [0.05, 0.1) is 31.1 Å². The van der Waals surface area contributed by atoms with Crippen molar-refractivity contribution in [3.05, 3.63) is 60.2 Å². The number of anilines is 1. The maximum absolute atomic E-state index is 13.1. The van der Waals surface area contributed by atoms with Crippen molar-refractivity contribution in [1.82, 2.24) is 4.31 Å². The summed E-state index contributed by atoms with van der Waals surface area (Å²) in [7, 11) is -3.46. The molecule has 1 fully saturated rings. The lowest BCUT2D eigenvalue weighted by Gasteiger charge is -2.35. The standard InChI is InChI=1S/C21H25N3O3S/c1-17(21(25)24-12-11-18-7-5-6-10-20(18)24)22-13-15-23(16-14-22)28(26,27)19-8-3-2-4-9-19/h2-10,17H,11-16H2,1H3/p+1/t17-/m0/s1. The Morgan fingerprint density at radius 2 is 1.61 bits per heavy atom. The zero-order valence-electron chi connectivity index (χ0n) is 16.0. The molecule has 1 atom stereocenters. The van der Waals surface area contributed by atoms with Crippen LogP contribution >= 0.6 is 0 Å². The molecule has 7 heteroatoms. The van der Waals surface area contributed by atoms with Crippen LogP contribution in [-0.4, -0.2) is 57.4 Å². The third-order valence-corrected chi connectivity index (χ3v) is 7.79. The second kappa shape index (κ2) is 7.66. The second-order valence-corrected chi connectivity index (χ2v) is 9.40. The number of hydrogen-bond donors (Lipinski definition) is 1. The van der Waals surface area contributed by atoms with E-state index in [0.29, 0.717) is 31.1 Å². The molecule has 1 amide bonds. The van der Waals surface area contributed by atoms with Crippen molar-refractivity contribution in [3.63, 3.8) is 0 Å². The number of hydrogen-bond acceptors (Lipinski definition) is 3. The average molecular weight is 401 g/mol. The Hall–Kier alpha value is -2.22. The van der Waals surface area contributed by atoms with E-state index in [0.717, 1.165) is 23.6 Å². The molecule has 2 aromatic rings. The molecule has 1 saturated heterocycles. The first-order valence-electron chi connectivity index (χ1n) is 9.77. The summed E-state index contributed by atoms with van der Waals surface area (Å²) in [5.74, 6) is 0.124. The van der Waals surface area contributed by atoms with Gasteiger partial charge in [-0.15, -0.1) is 0 Å². The highest BCUT2D eigenvalue weighted by molar-refractivity contribution is 7.89. The molecule has 0 aliphatic carbocycles. The van der Waals surface area contributed by atoms with Gasteiger partial charge in [0.2, 0.25) is 10.0 Å². The quantitative estimate of drug-likeness (QED) is 0.816. The first-order chi connectivity index (χ1) is 13.5. The summed E-state index contributed by atoms with van der Waals surface area (Å²) < 4.78 is 27.1. The zero-order chi connectivity index (χ0) is 19.7. The van der Waals surface area contributed by atoms with Gasteiger partial charge in [-0.1, -0.05) is 36.4 Å². The molecule has 1 N–H and O–H groups in total. The van der Waals surface area contributed by atoms with E-state index in [-0.39, 0.29) is 11.9 Å². The number of carbonyl (C=O) groups excluding carboxylic acids is 1. The van der Waals surface area contributed by atoms with Crippen molar-refractivity contribution < 1.29 is 18.1 Å². The Labute approximate surface area is 166 Å². The van der Waals surface area contributed by atoms with Crippen molar-refractivity contribution >= 4 is 21.6 Å². The molecule has 0 spiro atoms. The van der Waals surface area contributed by atoms with Crippen molar-refractivity contribution in [3.8, 4) is 0 Å². The first-order valence-corrected chi connectivity index (χ1v) is 11.2. The van der Waals surface area contributed by atoms with Gasteiger partial charge in [-0.05, 0) is 37.1 Å². The third-order valence-electron chi connectivity index (χ3n) is 5.88. The van der Waals surface area contributed by atoms with E-state index >= 15 is 0 Å². The highest BCUT2D eigenvalue weighted by Crippen LogP contribution is 2.27. The minimum absolute atomic E-state index is 0.124. The van der Waals surface area contributed by atoms with E-state index in [9.17, 15) is 13.2 Å². The molecule has 0 bridgehead atoms. The number of benzene rings is 2. The van der Waals surface area contributed by atoms with Crippen LogP contribution in [0.4, 0.5) is 5.69 Å². The summed E-state index contributed by atoms with van der Waals surface area (Å²) in [5, 5.41) is 0. The number of fused-ring (bicyclic) bond motifs is 1. The largest absolute Gasteiger partial charge is 0.323 e. The SMILES string of the molecule is C[C@@H](C(=O)N1CCc2ccccc21)[NH+]1CCN(S(=O)(=O)c2ccccc2)CC1. The fraction of sp³-hybridized carbons (Fsp3) is 0.381. The van der Waals surface area contributed by atoms with Crippen LogP contribution in [0.5, 0.6) is 0 Å². The van der Waals surface area contributed by atoms with Crippen LogP contribution in [0.3, 0.4) is 0 Å². The van der Waals surface area contributed by atoms with Gasteiger partial charge in [-0.25, -0.2) is 8.42 Å². The zero-order valence-corrected chi connectivity index (χ0v) is 16.9. The molecule has 0 aromatic heterocycles. The molecule has 2 aliphatic rings. The second-order valence-electron chi connectivity index (χ2n) is 7.47. The van der Waals surface area contributed by atoms with Crippen LogP contribution in [0.25, 0.3) is 0 Å². The van der Waals surface area contributed by atoms with Crippen LogP contribution in [-0.2, 0) is 21.2 Å². The van der Waals surface area contributed by atoms with E-state index < -0.39 is 10.0 Å². The Bertz CT molecular complexity index is 954. The van der Waals surface area contributed by atoms with Gasteiger partial charge in [-0.3, -0.25) is 4.79 Å². The minimum atomic E-state index is -3.46. The third kappa shape index (κ3) is 3.45. The topological polar surface area (TPSA) is 62.1 Å². The van der Waals surface area contributed by atoms with Crippen molar-refractivity contribution in [2.75, 3.05) is 37.6 Å². The highest BCUT2D eigenvalue weighted by atomic mass is 32.2. The predicted molar refractivity (Wildman–Crippen MR) is 108 cm³/mol. The van der Waals surface area contributed by atoms with E-state index in [1.165, 1.54) is 9.87 Å². The number of para-hydroxylation sites is 1. The molecule has 0 unspecified atom stereocenters. The number of carbonyl (C=O) groups is 1. The number of nitrogens with zero attached hydrogens (tertiary/aromatic N) is 2. The number of nitrogens with one attached hydrogen (secondary N) is 1. The van der Waals surface area contributed by atoms with Crippen molar-refractivity contribution in [1.29, 1.82) is 0 Å². The molecule has 28 heavy (non-hydrogen) atoms. The molecule has 2 heterocycles. The Morgan fingerprint density at radius 3 is 2.32 bits per heavy atom. The number of rotatable bonds is 4. The molecular formula is C21H26N3O3S+. The minimum Gasteiger partial charge on any atom is -0.323 e. The van der Waals surface area contributed by atoms with Crippen molar-refractivity contribution in [2.45, 2.75) is 24.3 Å². The summed E-state index contributed by atoms with van der Waals surface area (Å²) in [5.41, 5.74) is 2.24. The lowest BCUT2D eigenvalue weighted by molar-refractivity contribution is -0.917. The fourth-order valence-corrected chi connectivity index (χ4v) is 5.63. The predicted octanol–water partition coefficient (Wildman–Crippen LogP) is 0.554. The Balaban J connectivity index is 1.41. The monoisotopic (exact) mass is 400 g/mol. The van der Waals surface area contributed by atoms with Crippen molar-refractivity contribution in [2.24, 2.45) is 0 Å². The summed E-state index contributed by atoms with van der Waals surface area (Å²) in [6.45, 7) is 4.81. The number of quaternary nitrogens is 1. The van der Waals surface area contributed by atoms with Gasteiger partial charge < -0.3 is 9.80 Å². The summed E-state index contributed by atoms with van der Waals surface area (Å²) >= 11 is 0. The molecule has 148 valence electrons. The molecular weight excluding hydrogens is 374 g/mol. The van der Waals surface area contributed by atoms with Gasteiger partial charge >= 0.3 is 0 Å². The van der Waals surface area contributed by atoms with Gasteiger partial charge in [0.1, 0.15) is 0 Å². The first kappa shape index (κ1) is 19.1. The van der Waals surface area contributed by atoms with E-state index in [1.807, 2.05) is 36.1 Å². The maximum Gasteiger partial charge on any atom is 0.284 e. The van der Waals surface area contributed by atoms with Crippen LogP contribution in [0.2, 0.25) is 0 Å². The van der Waals surface area contributed by atoms with Gasteiger partial charge in [0, 0.05) is 12.2 Å². The molecule has 0 saturated carbocycles. The van der Waals surface area contributed by atoms with Gasteiger partial charge in [0.15, 0.2) is 6.04 Å². The highest BCUT2D eigenvalue weighted by Gasteiger charge is 2.37. The number of sulfonamides is 1. The molecule has 0 radical (unpaired) electrons. The van der Waals surface area contributed by atoms with Crippen LogP contribution in [0.1, 0.15) is 12.5 Å². The number of amides is 1. The lowest BCUT2D eigenvalue weighted by Crippen LogP contribution is -3.19. The summed E-state index contributed by atoms with van der Waals surface area (Å²) in [4.78, 5) is 16.4. The van der Waals surface area contributed by atoms with Gasteiger partial charge in [0.25, 0.3) is 5.91 Å². The van der Waals surface area contributed by atoms with E-state index in [1.54, 1.807) is 24.3 Å². The molecule has 2 aliphatic heterocycles. The smallest absolute Gasteiger partial charge is 0.284 e. The number of piperazine rings is 1.